The molecule has 0 amide bonds. The third-order valence-electron chi connectivity index (χ3n) is 4.13. The number of nitrogen functional groups attached to an aromatic ring is 1. The van der Waals surface area contributed by atoms with Crippen molar-refractivity contribution in [2.75, 3.05) is 12.3 Å². The van der Waals surface area contributed by atoms with Crippen molar-refractivity contribution in [3.63, 3.8) is 0 Å². The van der Waals surface area contributed by atoms with Crippen molar-refractivity contribution in [3.05, 3.63) is 45.7 Å². The molecule has 0 aliphatic heterocycles. The molecule has 6 nitrogen and oxygen atoms in total. The van der Waals surface area contributed by atoms with E-state index in [1.54, 1.807) is 24.3 Å². The smallest absolute Gasteiger partial charge is 0.268 e. The number of anilines is 1. The normalized spacial score (nSPS) is 10.1. The first-order valence-corrected chi connectivity index (χ1v) is 8.71. The molecule has 134 valence electrons. The van der Waals surface area contributed by atoms with Gasteiger partial charge in [-0.1, -0.05) is 44.7 Å². The highest BCUT2D eigenvalue weighted by Gasteiger charge is 2.17. The predicted molar refractivity (Wildman–Crippen MR) is 101 cm³/mol. The van der Waals surface area contributed by atoms with Crippen LogP contribution in [0.3, 0.4) is 0 Å². The fraction of sp³-hybridized carbons (Fsp3) is 0.350. The maximum atomic E-state index is 12.0. The van der Waals surface area contributed by atoms with Gasteiger partial charge in [-0.15, -0.1) is 0 Å². The van der Waals surface area contributed by atoms with Crippen LogP contribution in [0.25, 0.3) is 11.1 Å². The predicted octanol–water partition coefficient (Wildman–Crippen LogP) is 3.72. The lowest BCUT2D eigenvalue weighted by molar-refractivity contribution is 0.304. The van der Waals surface area contributed by atoms with E-state index >= 15 is 0 Å². The summed E-state index contributed by atoms with van der Waals surface area (Å²) in [5.74, 6) is 0.665. The van der Waals surface area contributed by atoms with Gasteiger partial charge in [0.15, 0.2) is 0 Å². The Bertz CT molecular complexity index is 886. The topological polar surface area (TPSA) is 116 Å². The third kappa shape index (κ3) is 4.43. The van der Waals surface area contributed by atoms with Crippen LogP contribution >= 0.6 is 0 Å². The van der Waals surface area contributed by atoms with E-state index in [9.17, 15) is 15.3 Å². The van der Waals surface area contributed by atoms with Crippen molar-refractivity contribution in [1.82, 2.24) is 4.98 Å². The van der Waals surface area contributed by atoms with Crippen LogP contribution in [-0.2, 0) is 0 Å². The number of hydrogen-bond acceptors (Lipinski definition) is 5. The Morgan fingerprint density at radius 3 is 2.31 bits per heavy atom. The highest BCUT2D eigenvalue weighted by atomic mass is 16.5. The van der Waals surface area contributed by atoms with E-state index < -0.39 is 5.56 Å². The van der Waals surface area contributed by atoms with Crippen molar-refractivity contribution in [1.29, 1.82) is 10.5 Å². The molecule has 0 spiro atoms. The molecule has 2 aromatic rings. The molecule has 2 rings (SSSR count). The maximum Gasteiger partial charge on any atom is 0.268 e. The lowest BCUT2D eigenvalue weighted by Crippen LogP contribution is -2.16. The van der Waals surface area contributed by atoms with Crippen molar-refractivity contribution in [2.24, 2.45) is 0 Å². The molecule has 0 aliphatic carbocycles. The number of nitrogens with two attached hydrogens (primary N) is 1. The summed E-state index contributed by atoms with van der Waals surface area (Å²) in [6, 6.07) is 10.8. The summed E-state index contributed by atoms with van der Waals surface area (Å²) in [5.41, 5.74) is 5.91. The fourth-order valence-corrected chi connectivity index (χ4v) is 2.75. The summed E-state index contributed by atoms with van der Waals surface area (Å²) < 4.78 is 5.72. The Hall–Kier alpha value is -3.25. The van der Waals surface area contributed by atoms with Crippen LogP contribution in [0.15, 0.2) is 29.1 Å². The van der Waals surface area contributed by atoms with Crippen LogP contribution in [-0.4, -0.2) is 11.6 Å². The van der Waals surface area contributed by atoms with E-state index in [0.717, 1.165) is 12.8 Å². The summed E-state index contributed by atoms with van der Waals surface area (Å²) >= 11 is 0. The summed E-state index contributed by atoms with van der Waals surface area (Å²) in [6.07, 6.45) is 5.83. The molecule has 1 heterocycles. The summed E-state index contributed by atoms with van der Waals surface area (Å²) in [4.78, 5) is 14.3. The zero-order valence-corrected chi connectivity index (χ0v) is 14.8. The number of unbranched alkanes of at least 4 members (excludes halogenated alkanes) is 4. The number of aromatic amines is 1. The molecule has 0 atom stereocenters. The van der Waals surface area contributed by atoms with Crippen molar-refractivity contribution >= 4 is 5.82 Å². The molecule has 0 unspecified atom stereocenters. The number of nitrogens with one attached hydrogen (secondary N) is 1. The van der Waals surface area contributed by atoms with Crippen LogP contribution < -0.4 is 16.0 Å². The van der Waals surface area contributed by atoms with Gasteiger partial charge in [0.05, 0.1) is 6.61 Å². The van der Waals surface area contributed by atoms with Gasteiger partial charge in [-0.05, 0) is 24.1 Å². The molecule has 0 radical (unpaired) electrons. The lowest BCUT2D eigenvalue weighted by Gasteiger charge is -2.10. The van der Waals surface area contributed by atoms with Gasteiger partial charge in [-0.3, -0.25) is 4.79 Å². The van der Waals surface area contributed by atoms with Crippen LogP contribution in [0, 0.1) is 22.7 Å². The van der Waals surface area contributed by atoms with Gasteiger partial charge in [0.1, 0.15) is 34.8 Å². The standard InChI is InChI=1S/C20H22N4O2/c1-2-3-4-5-6-11-26-15-9-7-14(8-10-15)18-16(12-21)19(23)24-20(25)17(18)13-22/h7-10H,2-6,11H2,1H3,(H3,23,24,25). The summed E-state index contributed by atoms with van der Waals surface area (Å²) in [5, 5.41) is 18.6. The van der Waals surface area contributed by atoms with Crippen molar-refractivity contribution in [3.8, 4) is 29.0 Å². The Morgan fingerprint density at radius 1 is 1.04 bits per heavy atom. The van der Waals surface area contributed by atoms with Crippen LogP contribution in [0.1, 0.15) is 50.2 Å². The largest absolute Gasteiger partial charge is 0.494 e. The number of rotatable bonds is 8. The van der Waals surface area contributed by atoms with E-state index in [0.29, 0.717) is 17.9 Å². The first-order valence-electron chi connectivity index (χ1n) is 8.71. The van der Waals surface area contributed by atoms with Gasteiger partial charge in [-0.2, -0.15) is 10.5 Å². The van der Waals surface area contributed by atoms with Gasteiger partial charge >= 0.3 is 0 Å². The molecule has 0 bridgehead atoms. The van der Waals surface area contributed by atoms with Crippen LogP contribution in [0.4, 0.5) is 5.82 Å². The monoisotopic (exact) mass is 350 g/mol. The number of hydrogen-bond donors (Lipinski definition) is 2. The molecule has 0 saturated heterocycles. The fourth-order valence-electron chi connectivity index (χ4n) is 2.75. The quantitative estimate of drug-likeness (QED) is 0.704. The summed E-state index contributed by atoms with van der Waals surface area (Å²) in [7, 11) is 0. The third-order valence-corrected chi connectivity index (χ3v) is 4.13. The van der Waals surface area contributed by atoms with Gasteiger partial charge in [0, 0.05) is 5.56 Å². The van der Waals surface area contributed by atoms with Gasteiger partial charge in [0.25, 0.3) is 5.56 Å². The van der Waals surface area contributed by atoms with Crippen molar-refractivity contribution in [2.45, 2.75) is 39.0 Å². The van der Waals surface area contributed by atoms with Gasteiger partial charge in [0.2, 0.25) is 0 Å². The average molecular weight is 350 g/mol. The van der Waals surface area contributed by atoms with E-state index in [-0.39, 0.29) is 22.5 Å². The zero-order chi connectivity index (χ0) is 18.9. The lowest BCUT2D eigenvalue weighted by atomic mass is 9.96. The first-order chi connectivity index (χ1) is 12.6. The Balaban J connectivity index is 2.18. The second-order valence-corrected chi connectivity index (χ2v) is 6.00. The SMILES string of the molecule is CCCCCCCOc1ccc(-c2c(C#N)c(N)[nH]c(=O)c2C#N)cc1. The number of nitriles is 2. The number of benzene rings is 1. The number of H-pyrrole nitrogens is 1. The molecule has 0 aliphatic rings. The highest BCUT2D eigenvalue weighted by Crippen LogP contribution is 2.29. The Labute approximate surface area is 152 Å². The number of nitrogens with zero attached hydrogens (tertiary/aromatic N) is 2. The number of aromatic nitrogens is 1. The van der Waals surface area contributed by atoms with E-state index in [2.05, 4.69) is 11.9 Å². The highest BCUT2D eigenvalue weighted by molar-refractivity contribution is 5.80. The van der Waals surface area contributed by atoms with Crippen LogP contribution in [0.5, 0.6) is 5.75 Å². The van der Waals surface area contributed by atoms with E-state index in [1.165, 1.54) is 19.3 Å². The average Bonchev–Trinajstić information content (AvgIpc) is 2.64. The molecule has 26 heavy (non-hydrogen) atoms. The maximum absolute atomic E-state index is 12.0. The minimum Gasteiger partial charge on any atom is -0.494 e. The minimum atomic E-state index is -0.605. The first kappa shape index (κ1) is 19.1. The molecule has 3 N–H and O–H groups in total. The summed E-state index contributed by atoms with van der Waals surface area (Å²) in [6.45, 7) is 2.83. The molecule has 1 aromatic carbocycles. The minimum absolute atomic E-state index is 0.0427. The molecule has 0 saturated carbocycles. The van der Waals surface area contributed by atoms with E-state index in [4.69, 9.17) is 10.5 Å². The van der Waals surface area contributed by atoms with Gasteiger partial charge in [-0.25, -0.2) is 0 Å². The second kappa shape index (κ2) is 9.29. The molecule has 0 fully saturated rings. The van der Waals surface area contributed by atoms with Crippen molar-refractivity contribution < 1.29 is 4.74 Å². The second-order valence-electron chi connectivity index (χ2n) is 6.00. The molecular formula is C20H22N4O2. The van der Waals surface area contributed by atoms with Crippen LogP contribution in [0.2, 0.25) is 0 Å². The van der Waals surface area contributed by atoms with Gasteiger partial charge < -0.3 is 15.5 Å². The Kier molecular flexibility index (Phi) is 6.82. The Morgan fingerprint density at radius 2 is 1.69 bits per heavy atom. The number of pyridine rings is 1. The molecule has 1 aromatic heterocycles. The molecule has 6 heteroatoms. The van der Waals surface area contributed by atoms with E-state index in [1.807, 2.05) is 12.1 Å². The molecular weight excluding hydrogens is 328 g/mol. The zero-order valence-electron chi connectivity index (χ0n) is 14.8. The number of ether oxygens (including phenoxy) is 1.